The van der Waals surface area contributed by atoms with Gasteiger partial charge in [-0.25, -0.2) is 0 Å². The molecule has 1 aliphatic rings. The average Bonchev–Trinajstić information content (AvgIpc) is 2.46. The second-order valence-corrected chi connectivity index (χ2v) is 4.89. The van der Waals surface area contributed by atoms with E-state index in [1.54, 1.807) is 23.1 Å². The first-order valence-electron chi connectivity index (χ1n) is 6.48. The summed E-state index contributed by atoms with van der Waals surface area (Å²) in [5.41, 5.74) is 6.63. The quantitative estimate of drug-likeness (QED) is 0.811. The number of hydrogen-bond donors (Lipinski definition) is 2. The molecule has 0 aromatic heterocycles. The molecule has 6 nitrogen and oxygen atoms in total. The Bertz CT molecular complexity index is 530. The molecule has 6 heteroatoms. The van der Waals surface area contributed by atoms with Crippen LogP contribution < -0.4 is 10.5 Å². The lowest BCUT2D eigenvalue weighted by atomic mass is 9.97. The molecule has 1 atom stereocenters. The van der Waals surface area contributed by atoms with Crippen molar-refractivity contribution < 1.29 is 19.4 Å². The van der Waals surface area contributed by atoms with Crippen LogP contribution >= 0.6 is 0 Å². The van der Waals surface area contributed by atoms with Crippen molar-refractivity contribution in [2.45, 2.75) is 12.8 Å². The maximum atomic E-state index is 12.4. The normalized spacial score (nSPS) is 18.6. The van der Waals surface area contributed by atoms with Gasteiger partial charge >= 0.3 is 5.97 Å². The van der Waals surface area contributed by atoms with Crippen molar-refractivity contribution in [1.82, 2.24) is 4.90 Å². The molecular weight excluding hydrogens is 260 g/mol. The molecule has 108 valence electrons. The molecule has 1 amide bonds. The SMILES string of the molecule is COc1ccc(C(=O)N2CCCC(C(=O)O)C2)cc1N. The van der Waals surface area contributed by atoms with Gasteiger partial charge in [-0.15, -0.1) is 0 Å². The highest BCUT2D eigenvalue weighted by Gasteiger charge is 2.28. The Hall–Kier alpha value is -2.24. The predicted molar refractivity (Wildman–Crippen MR) is 73.7 cm³/mol. The number of carboxylic acids is 1. The van der Waals surface area contributed by atoms with Crippen LogP contribution in [0, 0.1) is 5.92 Å². The van der Waals surface area contributed by atoms with Gasteiger partial charge in [0.15, 0.2) is 0 Å². The number of piperidine rings is 1. The van der Waals surface area contributed by atoms with Crippen molar-refractivity contribution in [2.24, 2.45) is 5.92 Å². The van der Waals surface area contributed by atoms with E-state index in [1.165, 1.54) is 7.11 Å². The maximum Gasteiger partial charge on any atom is 0.308 e. The van der Waals surface area contributed by atoms with Crippen LogP contribution in [0.2, 0.25) is 0 Å². The third kappa shape index (κ3) is 2.84. The molecule has 1 saturated heterocycles. The molecule has 0 bridgehead atoms. The zero-order valence-electron chi connectivity index (χ0n) is 11.3. The smallest absolute Gasteiger partial charge is 0.308 e. The van der Waals surface area contributed by atoms with Gasteiger partial charge in [0.1, 0.15) is 5.75 Å². The van der Waals surface area contributed by atoms with E-state index >= 15 is 0 Å². The van der Waals surface area contributed by atoms with E-state index < -0.39 is 11.9 Å². The Balaban J connectivity index is 2.14. The number of nitrogens with two attached hydrogens (primary N) is 1. The fraction of sp³-hybridized carbons (Fsp3) is 0.429. The van der Waals surface area contributed by atoms with Gasteiger partial charge in [-0.1, -0.05) is 0 Å². The summed E-state index contributed by atoms with van der Waals surface area (Å²) in [6, 6.07) is 4.84. The van der Waals surface area contributed by atoms with Crippen molar-refractivity contribution in [2.75, 3.05) is 25.9 Å². The fourth-order valence-corrected chi connectivity index (χ4v) is 2.41. The van der Waals surface area contributed by atoms with Crippen LogP contribution in [0.4, 0.5) is 5.69 Å². The van der Waals surface area contributed by atoms with Crippen molar-refractivity contribution in [3.05, 3.63) is 23.8 Å². The summed E-state index contributed by atoms with van der Waals surface area (Å²) < 4.78 is 5.05. The number of methoxy groups -OCH3 is 1. The van der Waals surface area contributed by atoms with Gasteiger partial charge in [-0.2, -0.15) is 0 Å². The molecule has 0 spiro atoms. The minimum atomic E-state index is -0.850. The van der Waals surface area contributed by atoms with Crippen molar-refractivity contribution in [3.63, 3.8) is 0 Å². The van der Waals surface area contributed by atoms with E-state index in [4.69, 9.17) is 15.6 Å². The van der Waals surface area contributed by atoms with Crippen LogP contribution in [0.5, 0.6) is 5.75 Å². The number of rotatable bonds is 3. The molecule has 1 fully saturated rings. The summed E-state index contributed by atoms with van der Waals surface area (Å²) in [6.07, 6.45) is 1.32. The molecule has 0 radical (unpaired) electrons. The van der Waals surface area contributed by atoms with Crippen LogP contribution in [0.15, 0.2) is 18.2 Å². The summed E-state index contributed by atoms with van der Waals surface area (Å²) in [5, 5.41) is 9.05. The summed E-state index contributed by atoms with van der Waals surface area (Å²) in [5.74, 6) is -1.01. The summed E-state index contributed by atoms with van der Waals surface area (Å²) in [7, 11) is 1.51. The molecule has 2 rings (SSSR count). The molecule has 0 aliphatic carbocycles. The topological polar surface area (TPSA) is 92.9 Å². The van der Waals surface area contributed by atoms with Gasteiger partial charge in [0.25, 0.3) is 5.91 Å². The second kappa shape index (κ2) is 5.81. The number of hydrogen-bond acceptors (Lipinski definition) is 4. The number of carboxylic acid groups (broad SMARTS) is 1. The highest BCUT2D eigenvalue weighted by atomic mass is 16.5. The molecule has 1 aliphatic heterocycles. The van der Waals surface area contributed by atoms with E-state index in [0.717, 1.165) is 0 Å². The van der Waals surface area contributed by atoms with Crippen LogP contribution in [0.25, 0.3) is 0 Å². The van der Waals surface area contributed by atoms with Gasteiger partial charge in [-0.05, 0) is 31.0 Å². The average molecular weight is 278 g/mol. The largest absolute Gasteiger partial charge is 0.495 e. The Morgan fingerprint density at radius 2 is 2.20 bits per heavy atom. The third-order valence-electron chi connectivity index (χ3n) is 3.53. The van der Waals surface area contributed by atoms with Crippen molar-refractivity contribution in [3.8, 4) is 5.75 Å². The monoisotopic (exact) mass is 278 g/mol. The molecule has 3 N–H and O–H groups in total. The lowest BCUT2D eigenvalue weighted by Gasteiger charge is -2.30. The summed E-state index contributed by atoms with van der Waals surface area (Å²) >= 11 is 0. The van der Waals surface area contributed by atoms with E-state index in [1.807, 2.05) is 0 Å². The van der Waals surface area contributed by atoms with Gasteiger partial charge < -0.3 is 20.5 Å². The number of nitrogen functional groups attached to an aromatic ring is 1. The van der Waals surface area contributed by atoms with Crippen LogP contribution in [-0.2, 0) is 4.79 Å². The number of anilines is 1. The third-order valence-corrected chi connectivity index (χ3v) is 3.53. The number of nitrogens with zero attached hydrogens (tertiary/aromatic N) is 1. The molecule has 1 aromatic carbocycles. The molecule has 0 saturated carbocycles. The van der Waals surface area contributed by atoms with Crippen LogP contribution in [-0.4, -0.2) is 42.1 Å². The predicted octanol–water partition coefficient (Wildman–Crippen LogP) is 1.21. The number of aliphatic carboxylic acids is 1. The maximum absolute atomic E-state index is 12.4. The summed E-state index contributed by atoms with van der Waals surface area (Å²) in [6.45, 7) is 0.828. The number of likely N-dealkylation sites (tertiary alicyclic amines) is 1. The van der Waals surface area contributed by atoms with Gasteiger partial charge in [0.05, 0.1) is 18.7 Å². The molecular formula is C14H18N2O4. The number of amides is 1. The number of carbonyl (C=O) groups is 2. The fourth-order valence-electron chi connectivity index (χ4n) is 2.41. The van der Waals surface area contributed by atoms with E-state index in [2.05, 4.69) is 0 Å². The number of carbonyl (C=O) groups excluding carboxylic acids is 1. The first-order chi connectivity index (χ1) is 9.52. The minimum absolute atomic E-state index is 0.190. The van der Waals surface area contributed by atoms with Gasteiger partial charge in [0, 0.05) is 18.7 Å². The lowest BCUT2D eigenvalue weighted by Crippen LogP contribution is -2.42. The molecule has 1 unspecified atom stereocenters. The van der Waals surface area contributed by atoms with Crippen molar-refractivity contribution in [1.29, 1.82) is 0 Å². The van der Waals surface area contributed by atoms with Gasteiger partial charge in [-0.3, -0.25) is 9.59 Å². The van der Waals surface area contributed by atoms with Crippen LogP contribution in [0.1, 0.15) is 23.2 Å². The molecule has 20 heavy (non-hydrogen) atoms. The number of benzene rings is 1. The first kappa shape index (κ1) is 14.2. The van der Waals surface area contributed by atoms with Crippen LogP contribution in [0.3, 0.4) is 0 Å². The number of ether oxygens (including phenoxy) is 1. The Morgan fingerprint density at radius 1 is 1.45 bits per heavy atom. The lowest BCUT2D eigenvalue weighted by molar-refractivity contribution is -0.143. The zero-order chi connectivity index (χ0) is 14.7. The molecule has 1 heterocycles. The van der Waals surface area contributed by atoms with E-state index in [9.17, 15) is 9.59 Å². The highest BCUT2D eigenvalue weighted by molar-refractivity contribution is 5.95. The minimum Gasteiger partial charge on any atom is -0.495 e. The zero-order valence-corrected chi connectivity index (χ0v) is 11.3. The first-order valence-corrected chi connectivity index (χ1v) is 6.48. The van der Waals surface area contributed by atoms with Gasteiger partial charge in [0.2, 0.25) is 0 Å². The van der Waals surface area contributed by atoms with E-state index in [0.29, 0.717) is 36.4 Å². The standard InChI is InChI=1S/C14H18N2O4/c1-20-12-5-4-9(7-11(12)15)13(17)16-6-2-3-10(8-16)14(18)19/h4-5,7,10H,2-3,6,8,15H2,1H3,(H,18,19). The van der Waals surface area contributed by atoms with Crippen molar-refractivity contribution >= 4 is 17.6 Å². The van der Waals surface area contributed by atoms with E-state index in [-0.39, 0.29) is 12.5 Å². The Labute approximate surface area is 117 Å². The second-order valence-electron chi connectivity index (χ2n) is 4.89. The molecule has 1 aromatic rings. The Morgan fingerprint density at radius 3 is 2.80 bits per heavy atom. The highest BCUT2D eigenvalue weighted by Crippen LogP contribution is 2.24. The summed E-state index contributed by atoms with van der Waals surface area (Å²) in [4.78, 5) is 25.0. The Kier molecular flexibility index (Phi) is 4.12.